The average Bonchev–Trinajstić information content (AvgIpc) is 2.32. The molecule has 0 radical (unpaired) electrons. The Morgan fingerprint density at radius 2 is 2.00 bits per heavy atom. The molecular weight excluding hydrogens is 240 g/mol. The van der Waals surface area contributed by atoms with E-state index in [1.807, 2.05) is 0 Å². The normalized spacial score (nSPS) is 10.4. The van der Waals surface area contributed by atoms with Crippen LogP contribution in [0, 0.1) is 18.6 Å². The van der Waals surface area contributed by atoms with E-state index in [1.165, 1.54) is 12.1 Å². The number of aryl methyl sites for hydroxylation is 1. The summed E-state index contributed by atoms with van der Waals surface area (Å²) in [5.41, 5.74) is 0.290. The first-order valence-corrected chi connectivity index (χ1v) is 5.92. The lowest BCUT2D eigenvalue weighted by molar-refractivity contribution is -0.137. The maximum absolute atomic E-state index is 13.6. The van der Waals surface area contributed by atoms with Gasteiger partial charge in [-0.2, -0.15) is 0 Å². The number of rotatable bonds is 7. The third kappa shape index (κ3) is 4.31. The molecule has 100 valence electrons. The van der Waals surface area contributed by atoms with Gasteiger partial charge in [-0.05, 0) is 31.4 Å². The van der Waals surface area contributed by atoms with E-state index < -0.39 is 17.6 Å². The van der Waals surface area contributed by atoms with Crippen molar-refractivity contribution >= 4 is 11.7 Å². The van der Waals surface area contributed by atoms with Gasteiger partial charge in [0, 0.05) is 13.0 Å². The fourth-order valence-corrected chi connectivity index (χ4v) is 1.61. The second-order valence-electron chi connectivity index (χ2n) is 4.18. The van der Waals surface area contributed by atoms with Crippen LogP contribution in [0.5, 0.6) is 0 Å². The predicted octanol–water partition coefficient (Wildman–Crippen LogP) is 3.33. The molecule has 0 atom stereocenters. The summed E-state index contributed by atoms with van der Waals surface area (Å²) >= 11 is 0. The van der Waals surface area contributed by atoms with Crippen LogP contribution in [0.2, 0.25) is 0 Å². The van der Waals surface area contributed by atoms with Gasteiger partial charge in [0.25, 0.3) is 0 Å². The van der Waals surface area contributed by atoms with Crippen molar-refractivity contribution in [3.63, 3.8) is 0 Å². The van der Waals surface area contributed by atoms with Gasteiger partial charge in [0.2, 0.25) is 0 Å². The van der Waals surface area contributed by atoms with Gasteiger partial charge >= 0.3 is 5.97 Å². The molecule has 18 heavy (non-hydrogen) atoms. The molecule has 0 bridgehead atoms. The fraction of sp³-hybridized carbons (Fsp3) is 0.462. The lowest BCUT2D eigenvalue weighted by Crippen LogP contribution is -2.07. The van der Waals surface area contributed by atoms with Gasteiger partial charge in [-0.3, -0.25) is 4.79 Å². The third-order valence-electron chi connectivity index (χ3n) is 2.65. The third-order valence-corrected chi connectivity index (χ3v) is 2.65. The quantitative estimate of drug-likeness (QED) is 0.736. The number of benzene rings is 1. The number of nitrogens with one attached hydrogen (secondary N) is 1. The van der Waals surface area contributed by atoms with E-state index in [0.717, 1.165) is 0 Å². The zero-order chi connectivity index (χ0) is 13.5. The smallest absolute Gasteiger partial charge is 0.303 e. The number of hydrogen-bond donors (Lipinski definition) is 2. The van der Waals surface area contributed by atoms with Crippen LogP contribution in [-0.4, -0.2) is 17.6 Å². The lowest BCUT2D eigenvalue weighted by Gasteiger charge is -2.10. The van der Waals surface area contributed by atoms with E-state index in [9.17, 15) is 13.6 Å². The van der Waals surface area contributed by atoms with Gasteiger partial charge in [-0.15, -0.1) is 0 Å². The van der Waals surface area contributed by atoms with Crippen molar-refractivity contribution in [2.45, 2.75) is 32.6 Å². The Morgan fingerprint density at radius 3 is 2.67 bits per heavy atom. The van der Waals surface area contributed by atoms with E-state index in [-0.39, 0.29) is 12.1 Å². The van der Waals surface area contributed by atoms with E-state index in [2.05, 4.69) is 5.32 Å². The van der Waals surface area contributed by atoms with E-state index >= 15 is 0 Å². The van der Waals surface area contributed by atoms with Gasteiger partial charge in [0.15, 0.2) is 5.82 Å². The molecule has 0 fully saturated rings. The van der Waals surface area contributed by atoms with Crippen LogP contribution in [0.15, 0.2) is 12.1 Å². The minimum Gasteiger partial charge on any atom is -0.481 e. The van der Waals surface area contributed by atoms with Crippen molar-refractivity contribution in [2.24, 2.45) is 0 Å². The maximum atomic E-state index is 13.6. The minimum absolute atomic E-state index is 0.103. The van der Waals surface area contributed by atoms with Crippen LogP contribution in [0.3, 0.4) is 0 Å². The Bertz CT molecular complexity index is 422. The van der Waals surface area contributed by atoms with Crippen molar-refractivity contribution in [1.29, 1.82) is 0 Å². The number of unbranched alkanes of at least 4 members (excludes halogenated alkanes) is 2. The molecule has 1 aromatic rings. The van der Waals surface area contributed by atoms with Crippen molar-refractivity contribution in [1.82, 2.24) is 0 Å². The number of anilines is 1. The van der Waals surface area contributed by atoms with Crippen LogP contribution < -0.4 is 5.32 Å². The molecule has 1 aromatic carbocycles. The summed E-state index contributed by atoms with van der Waals surface area (Å²) in [6.45, 7) is 2.00. The number of hydrogen-bond acceptors (Lipinski definition) is 2. The summed E-state index contributed by atoms with van der Waals surface area (Å²) in [4.78, 5) is 10.3. The number of carbonyl (C=O) groups is 1. The Hall–Kier alpha value is -1.65. The topological polar surface area (TPSA) is 49.3 Å². The van der Waals surface area contributed by atoms with Gasteiger partial charge < -0.3 is 10.4 Å². The Balaban J connectivity index is 2.36. The molecule has 0 unspecified atom stereocenters. The van der Waals surface area contributed by atoms with Gasteiger partial charge in [-0.1, -0.05) is 12.5 Å². The van der Waals surface area contributed by atoms with Crippen molar-refractivity contribution in [2.75, 3.05) is 11.9 Å². The van der Waals surface area contributed by atoms with Crippen LogP contribution in [0.4, 0.5) is 14.5 Å². The number of aliphatic carboxylic acids is 1. The highest BCUT2D eigenvalue weighted by Gasteiger charge is 2.10. The fourth-order valence-electron chi connectivity index (χ4n) is 1.61. The van der Waals surface area contributed by atoms with Crippen molar-refractivity contribution in [3.8, 4) is 0 Å². The predicted molar refractivity (Wildman–Crippen MR) is 65.7 cm³/mol. The largest absolute Gasteiger partial charge is 0.481 e. The molecule has 0 saturated carbocycles. The van der Waals surface area contributed by atoms with Crippen molar-refractivity contribution < 1.29 is 18.7 Å². The summed E-state index contributed by atoms with van der Waals surface area (Å²) < 4.78 is 26.9. The summed E-state index contributed by atoms with van der Waals surface area (Å²) in [7, 11) is 0. The molecular formula is C13H17F2NO2. The Labute approximate surface area is 105 Å². The highest BCUT2D eigenvalue weighted by atomic mass is 19.1. The van der Waals surface area contributed by atoms with E-state index in [1.54, 1.807) is 6.92 Å². The zero-order valence-electron chi connectivity index (χ0n) is 10.3. The molecule has 0 aliphatic rings. The molecule has 5 heteroatoms. The second-order valence-corrected chi connectivity index (χ2v) is 4.18. The van der Waals surface area contributed by atoms with E-state index in [0.29, 0.717) is 31.4 Å². The monoisotopic (exact) mass is 257 g/mol. The molecule has 0 aromatic heterocycles. The van der Waals surface area contributed by atoms with Crippen LogP contribution in [0.25, 0.3) is 0 Å². The minimum atomic E-state index is -0.821. The number of carboxylic acid groups (broad SMARTS) is 1. The molecule has 0 amide bonds. The highest BCUT2D eigenvalue weighted by Crippen LogP contribution is 2.21. The molecule has 0 aliphatic carbocycles. The van der Waals surface area contributed by atoms with Crippen molar-refractivity contribution in [3.05, 3.63) is 29.3 Å². The Morgan fingerprint density at radius 1 is 1.28 bits per heavy atom. The molecule has 3 nitrogen and oxygen atoms in total. The lowest BCUT2D eigenvalue weighted by atomic mass is 10.1. The molecule has 0 aliphatic heterocycles. The van der Waals surface area contributed by atoms with Gasteiger partial charge in [-0.25, -0.2) is 8.78 Å². The molecule has 0 saturated heterocycles. The summed E-state index contributed by atoms with van der Waals surface area (Å²) in [5, 5.41) is 11.1. The summed E-state index contributed by atoms with van der Waals surface area (Å²) in [6.07, 6.45) is 2.11. The Kier molecular flexibility index (Phi) is 5.55. The van der Waals surface area contributed by atoms with Gasteiger partial charge in [0.1, 0.15) is 11.5 Å². The first kappa shape index (κ1) is 14.4. The number of halogens is 2. The van der Waals surface area contributed by atoms with Crippen LogP contribution in [-0.2, 0) is 4.79 Å². The second kappa shape index (κ2) is 6.93. The van der Waals surface area contributed by atoms with Gasteiger partial charge in [0.05, 0.1) is 0 Å². The van der Waals surface area contributed by atoms with Crippen LogP contribution >= 0.6 is 0 Å². The molecule has 0 heterocycles. The summed E-state index contributed by atoms with van der Waals surface area (Å²) in [6, 6.07) is 2.62. The molecule has 1 rings (SSSR count). The molecule has 2 N–H and O–H groups in total. The van der Waals surface area contributed by atoms with Crippen LogP contribution in [0.1, 0.15) is 31.2 Å². The SMILES string of the molecule is Cc1ccc(F)c(NCCCCCC(=O)O)c1F. The standard InChI is InChI=1S/C13H17F2NO2/c1-9-6-7-10(14)13(12(9)15)16-8-4-2-3-5-11(17)18/h6-7,16H,2-5,8H2,1H3,(H,17,18). The zero-order valence-corrected chi connectivity index (χ0v) is 10.3. The summed E-state index contributed by atoms with van der Waals surface area (Å²) in [5.74, 6) is -2.00. The van der Waals surface area contributed by atoms with E-state index in [4.69, 9.17) is 5.11 Å². The highest BCUT2D eigenvalue weighted by molar-refractivity contribution is 5.66. The molecule has 0 spiro atoms. The maximum Gasteiger partial charge on any atom is 0.303 e. The first-order chi connectivity index (χ1) is 8.52. The number of carboxylic acids is 1. The average molecular weight is 257 g/mol. The first-order valence-electron chi connectivity index (χ1n) is 5.92.